The molecule has 0 aromatic rings. The van der Waals surface area contributed by atoms with Crippen LogP contribution in [0.5, 0.6) is 0 Å². The van der Waals surface area contributed by atoms with Gasteiger partial charge in [-0.15, -0.1) is 0 Å². The van der Waals surface area contributed by atoms with Crippen molar-refractivity contribution in [1.29, 1.82) is 0 Å². The summed E-state index contributed by atoms with van der Waals surface area (Å²) in [6, 6.07) is 0. The largest absolute Gasteiger partial charge is 0.462 e. The van der Waals surface area contributed by atoms with Gasteiger partial charge in [-0.1, -0.05) is 279 Å². The van der Waals surface area contributed by atoms with Crippen LogP contribution in [-0.2, 0) is 28.6 Å². The molecule has 0 radical (unpaired) electrons. The minimum atomic E-state index is -0.764. The van der Waals surface area contributed by atoms with E-state index in [1.807, 2.05) is 0 Å². The monoisotopic (exact) mass is 905 g/mol. The second-order valence-electron chi connectivity index (χ2n) is 21.1. The Bertz CT molecular complexity index is 993. The minimum Gasteiger partial charge on any atom is -0.462 e. The first kappa shape index (κ1) is 62.4. The molecule has 0 fully saturated rings. The molecule has 0 rings (SSSR count). The topological polar surface area (TPSA) is 78.9 Å². The summed E-state index contributed by atoms with van der Waals surface area (Å²) in [5.41, 5.74) is 0. The zero-order valence-electron chi connectivity index (χ0n) is 44.1. The van der Waals surface area contributed by atoms with Crippen LogP contribution in [0.25, 0.3) is 0 Å². The van der Waals surface area contributed by atoms with Crippen LogP contribution < -0.4 is 0 Å². The molecule has 380 valence electrons. The third-order valence-electron chi connectivity index (χ3n) is 13.5. The molecule has 0 N–H and O–H groups in total. The molecule has 0 spiro atoms. The van der Waals surface area contributed by atoms with Gasteiger partial charge in [0, 0.05) is 19.3 Å². The summed E-state index contributed by atoms with van der Waals surface area (Å²) in [5, 5.41) is 0. The molecule has 2 atom stereocenters. The summed E-state index contributed by atoms with van der Waals surface area (Å²) >= 11 is 0. The SMILES string of the molecule is CCC(C)CCCCCCCCCCCCC(=O)OC[C@@H](COC(=O)CCCCCCCCCCCCCC(C)C)OC(=O)CCCCCCCCCCCCCCCCCC(C)C. The third-order valence-corrected chi connectivity index (χ3v) is 13.5. The fourth-order valence-corrected chi connectivity index (χ4v) is 8.79. The highest BCUT2D eigenvalue weighted by molar-refractivity contribution is 5.71. The maximum atomic E-state index is 12.9. The Morgan fingerprint density at radius 3 is 0.812 bits per heavy atom. The smallest absolute Gasteiger partial charge is 0.306 e. The van der Waals surface area contributed by atoms with Crippen molar-refractivity contribution >= 4 is 17.9 Å². The molecule has 0 aromatic carbocycles. The zero-order chi connectivity index (χ0) is 47.0. The summed E-state index contributed by atoms with van der Waals surface area (Å²) in [4.78, 5) is 38.1. The van der Waals surface area contributed by atoms with Crippen molar-refractivity contribution in [2.75, 3.05) is 13.2 Å². The minimum absolute atomic E-state index is 0.0639. The van der Waals surface area contributed by atoms with Gasteiger partial charge in [0.05, 0.1) is 0 Å². The lowest BCUT2D eigenvalue weighted by atomic mass is 9.99. The van der Waals surface area contributed by atoms with Crippen molar-refractivity contribution in [3.8, 4) is 0 Å². The Morgan fingerprint density at radius 1 is 0.312 bits per heavy atom. The number of ether oxygens (including phenoxy) is 3. The first-order chi connectivity index (χ1) is 31.1. The van der Waals surface area contributed by atoms with Crippen molar-refractivity contribution in [3.63, 3.8) is 0 Å². The predicted molar refractivity (Wildman–Crippen MR) is 275 cm³/mol. The molecular weight excluding hydrogens is 793 g/mol. The zero-order valence-corrected chi connectivity index (χ0v) is 44.1. The van der Waals surface area contributed by atoms with E-state index in [0.717, 1.165) is 75.5 Å². The van der Waals surface area contributed by atoms with Crippen LogP contribution in [0.15, 0.2) is 0 Å². The molecule has 0 aliphatic carbocycles. The molecular formula is C58H112O6. The number of esters is 3. The lowest BCUT2D eigenvalue weighted by molar-refractivity contribution is -0.167. The number of carbonyl (C=O) groups is 3. The summed E-state index contributed by atoms with van der Waals surface area (Å²) in [6.07, 6.45) is 50.8. The molecule has 0 saturated heterocycles. The lowest BCUT2D eigenvalue weighted by Gasteiger charge is -2.18. The van der Waals surface area contributed by atoms with Crippen molar-refractivity contribution in [3.05, 3.63) is 0 Å². The van der Waals surface area contributed by atoms with Crippen LogP contribution in [0, 0.1) is 17.8 Å². The second-order valence-corrected chi connectivity index (χ2v) is 21.1. The van der Waals surface area contributed by atoms with Gasteiger partial charge in [0.25, 0.3) is 0 Å². The normalized spacial score (nSPS) is 12.6. The highest BCUT2D eigenvalue weighted by atomic mass is 16.6. The van der Waals surface area contributed by atoms with Gasteiger partial charge in [0.15, 0.2) is 6.10 Å². The van der Waals surface area contributed by atoms with Gasteiger partial charge in [-0.25, -0.2) is 0 Å². The molecule has 0 amide bonds. The molecule has 0 aromatic heterocycles. The maximum Gasteiger partial charge on any atom is 0.306 e. The maximum absolute atomic E-state index is 12.9. The number of unbranched alkanes of at least 4 members (excludes halogenated alkanes) is 33. The first-order valence-electron chi connectivity index (χ1n) is 28.6. The third kappa shape index (κ3) is 49.8. The number of hydrogen-bond donors (Lipinski definition) is 0. The van der Waals surface area contributed by atoms with E-state index in [1.165, 1.54) is 199 Å². The fraction of sp³-hybridized carbons (Fsp3) is 0.948. The van der Waals surface area contributed by atoms with Gasteiger partial charge in [0.1, 0.15) is 13.2 Å². The Kier molecular flexibility index (Phi) is 48.1. The van der Waals surface area contributed by atoms with Crippen LogP contribution in [0.1, 0.15) is 318 Å². The van der Waals surface area contributed by atoms with Crippen LogP contribution in [-0.4, -0.2) is 37.2 Å². The summed E-state index contributed by atoms with van der Waals surface area (Å²) in [5.74, 6) is 1.70. The highest BCUT2D eigenvalue weighted by Gasteiger charge is 2.19. The van der Waals surface area contributed by atoms with E-state index in [1.54, 1.807) is 0 Å². The van der Waals surface area contributed by atoms with Crippen LogP contribution >= 0.6 is 0 Å². The molecule has 0 aliphatic heterocycles. The highest BCUT2D eigenvalue weighted by Crippen LogP contribution is 2.19. The molecule has 64 heavy (non-hydrogen) atoms. The van der Waals surface area contributed by atoms with E-state index in [2.05, 4.69) is 41.5 Å². The standard InChI is InChI=1S/C58H112O6/c1-7-54(6)46-40-34-28-22-18-19-24-30-36-42-48-57(60)63-51-55(50-62-56(59)47-41-35-29-23-17-13-15-21-27-33-39-45-53(4)5)64-58(61)49-43-37-31-25-16-12-10-8-9-11-14-20-26-32-38-44-52(2)3/h52-55H,7-51H2,1-6H3/t54?,55-/m1/s1. The van der Waals surface area contributed by atoms with Gasteiger partial charge in [-0.05, 0) is 37.0 Å². The fourth-order valence-electron chi connectivity index (χ4n) is 8.79. The summed E-state index contributed by atoms with van der Waals surface area (Å²) in [6.45, 7) is 13.8. The Balaban J connectivity index is 4.31. The quantitative estimate of drug-likeness (QED) is 0.0344. The predicted octanol–water partition coefficient (Wildman–Crippen LogP) is 18.7. The number of hydrogen-bond acceptors (Lipinski definition) is 6. The molecule has 0 bridgehead atoms. The van der Waals surface area contributed by atoms with Crippen molar-refractivity contribution < 1.29 is 28.6 Å². The van der Waals surface area contributed by atoms with Crippen LogP contribution in [0.4, 0.5) is 0 Å². The van der Waals surface area contributed by atoms with Crippen LogP contribution in [0.2, 0.25) is 0 Å². The Hall–Kier alpha value is -1.59. The van der Waals surface area contributed by atoms with E-state index >= 15 is 0 Å². The Morgan fingerprint density at radius 2 is 0.547 bits per heavy atom. The number of rotatable bonds is 51. The summed E-state index contributed by atoms with van der Waals surface area (Å²) < 4.78 is 16.9. The molecule has 0 saturated carbocycles. The molecule has 0 aliphatic rings. The van der Waals surface area contributed by atoms with Gasteiger partial charge in [0.2, 0.25) is 0 Å². The first-order valence-corrected chi connectivity index (χ1v) is 28.6. The molecule has 1 unspecified atom stereocenters. The van der Waals surface area contributed by atoms with Gasteiger partial charge >= 0.3 is 17.9 Å². The Labute approximate surface area is 399 Å². The van der Waals surface area contributed by atoms with Crippen molar-refractivity contribution in [2.45, 2.75) is 324 Å². The summed E-state index contributed by atoms with van der Waals surface area (Å²) in [7, 11) is 0. The lowest BCUT2D eigenvalue weighted by Crippen LogP contribution is -2.30. The molecule has 6 nitrogen and oxygen atoms in total. The molecule has 6 heteroatoms. The van der Waals surface area contributed by atoms with Crippen LogP contribution in [0.3, 0.4) is 0 Å². The van der Waals surface area contributed by atoms with E-state index in [4.69, 9.17) is 14.2 Å². The average Bonchev–Trinajstić information content (AvgIpc) is 3.27. The van der Waals surface area contributed by atoms with Crippen molar-refractivity contribution in [1.82, 2.24) is 0 Å². The molecule has 0 heterocycles. The van der Waals surface area contributed by atoms with E-state index in [-0.39, 0.29) is 31.1 Å². The van der Waals surface area contributed by atoms with Gasteiger partial charge in [-0.3, -0.25) is 14.4 Å². The average molecular weight is 906 g/mol. The van der Waals surface area contributed by atoms with E-state index < -0.39 is 6.10 Å². The van der Waals surface area contributed by atoms with E-state index in [0.29, 0.717) is 19.3 Å². The van der Waals surface area contributed by atoms with Gasteiger partial charge in [-0.2, -0.15) is 0 Å². The van der Waals surface area contributed by atoms with Crippen molar-refractivity contribution in [2.24, 2.45) is 17.8 Å². The second kappa shape index (κ2) is 49.3. The number of carbonyl (C=O) groups excluding carboxylic acids is 3. The van der Waals surface area contributed by atoms with Gasteiger partial charge < -0.3 is 14.2 Å². The van der Waals surface area contributed by atoms with E-state index in [9.17, 15) is 14.4 Å².